The second-order valence-electron chi connectivity index (χ2n) is 7.57. The minimum absolute atomic E-state index is 0.0811. The molecule has 0 saturated heterocycles. The van der Waals surface area contributed by atoms with Gasteiger partial charge in [-0.2, -0.15) is 23.5 Å². The lowest BCUT2D eigenvalue weighted by molar-refractivity contribution is -0.189. The zero-order chi connectivity index (χ0) is 22.9. The van der Waals surface area contributed by atoms with Gasteiger partial charge in [0, 0.05) is 18.3 Å². The van der Waals surface area contributed by atoms with Crippen molar-refractivity contribution in [1.82, 2.24) is 14.7 Å². The summed E-state index contributed by atoms with van der Waals surface area (Å²) in [5, 5.41) is 13.7. The summed E-state index contributed by atoms with van der Waals surface area (Å²) < 4.78 is 45.7. The number of nitrogens with zero attached hydrogens (tertiary/aromatic N) is 4. The molecule has 0 saturated carbocycles. The number of carbonyl (C=O) groups excluding carboxylic acids is 1. The molecule has 0 unspecified atom stereocenters. The van der Waals surface area contributed by atoms with Crippen LogP contribution in [0.5, 0.6) is 5.75 Å². The normalized spacial score (nSPS) is 14.0. The number of rotatable bonds is 5. The third-order valence-electron chi connectivity index (χ3n) is 5.20. The predicted molar refractivity (Wildman–Crippen MR) is 109 cm³/mol. The Kier molecular flexibility index (Phi) is 5.61. The van der Waals surface area contributed by atoms with Crippen LogP contribution in [0.4, 0.5) is 13.2 Å². The molecule has 9 heteroatoms. The van der Waals surface area contributed by atoms with Crippen LogP contribution in [0.2, 0.25) is 0 Å². The average Bonchev–Trinajstić information content (AvgIpc) is 3.32. The number of nitriles is 1. The molecule has 1 aromatic heterocycles. The van der Waals surface area contributed by atoms with Crippen LogP contribution in [0, 0.1) is 11.3 Å². The molecule has 3 aromatic rings. The summed E-state index contributed by atoms with van der Waals surface area (Å²) in [6.45, 7) is 1.96. The Morgan fingerprint density at radius 3 is 2.62 bits per heavy atom. The molecular weight excluding hydrogens is 421 g/mol. The van der Waals surface area contributed by atoms with Gasteiger partial charge in [0.25, 0.3) is 5.91 Å². The maximum absolute atomic E-state index is 13.1. The fraction of sp³-hybridized carbons (Fsp3) is 0.261. The van der Waals surface area contributed by atoms with Crippen molar-refractivity contribution in [2.45, 2.75) is 38.8 Å². The number of halogens is 3. The summed E-state index contributed by atoms with van der Waals surface area (Å²) in [5.74, 6) is -0.725. The summed E-state index contributed by atoms with van der Waals surface area (Å²) in [7, 11) is 0. The van der Waals surface area contributed by atoms with Crippen molar-refractivity contribution >= 4 is 5.91 Å². The summed E-state index contributed by atoms with van der Waals surface area (Å²) >= 11 is 0. The Morgan fingerprint density at radius 2 is 1.97 bits per heavy atom. The van der Waals surface area contributed by atoms with Gasteiger partial charge in [0.2, 0.25) is 0 Å². The molecule has 1 aliphatic heterocycles. The van der Waals surface area contributed by atoms with E-state index in [0.29, 0.717) is 6.54 Å². The molecular formula is C23H19F3N4O2. The van der Waals surface area contributed by atoms with Crippen LogP contribution in [0.3, 0.4) is 0 Å². The van der Waals surface area contributed by atoms with Gasteiger partial charge in [0.15, 0.2) is 6.10 Å². The van der Waals surface area contributed by atoms with Crippen molar-refractivity contribution in [3.05, 3.63) is 82.7 Å². The van der Waals surface area contributed by atoms with E-state index in [4.69, 9.17) is 10.00 Å². The van der Waals surface area contributed by atoms with Gasteiger partial charge >= 0.3 is 6.18 Å². The quantitative estimate of drug-likeness (QED) is 0.594. The van der Waals surface area contributed by atoms with Crippen molar-refractivity contribution in [3.8, 4) is 11.8 Å². The third-order valence-corrected chi connectivity index (χ3v) is 5.20. The van der Waals surface area contributed by atoms with E-state index in [-0.39, 0.29) is 30.0 Å². The maximum Gasteiger partial charge on any atom is 0.425 e. The van der Waals surface area contributed by atoms with Gasteiger partial charge in [-0.15, -0.1) is 0 Å². The van der Waals surface area contributed by atoms with Gasteiger partial charge in [-0.05, 0) is 30.7 Å². The Bertz CT molecular complexity index is 1160. The monoisotopic (exact) mass is 440 g/mol. The van der Waals surface area contributed by atoms with Crippen LogP contribution in [0.15, 0.2) is 54.7 Å². The number of benzene rings is 2. The molecule has 2 aromatic carbocycles. The number of ether oxygens (including phenoxy) is 1. The second-order valence-corrected chi connectivity index (χ2v) is 7.57. The van der Waals surface area contributed by atoms with Crippen molar-refractivity contribution in [3.63, 3.8) is 0 Å². The second kappa shape index (κ2) is 8.38. The summed E-state index contributed by atoms with van der Waals surface area (Å²) in [6, 6.07) is 15.5. The maximum atomic E-state index is 13.1. The lowest BCUT2D eigenvalue weighted by Crippen LogP contribution is -2.32. The van der Waals surface area contributed by atoms with Crippen molar-refractivity contribution < 1.29 is 22.7 Å². The number of fused-ring (bicyclic) bond motifs is 1. The Hall–Kier alpha value is -3.80. The molecule has 1 atom stereocenters. The molecule has 0 aliphatic carbocycles. The van der Waals surface area contributed by atoms with Gasteiger partial charge in [0.1, 0.15) is 5.75 Å². The molecule has 0 spiro atoms. The predicted octanol–water partition coefficient (Wildman–Crippen LogP) is 4.29. The van der Waals surface area contributed by atoms with Crippen LogP contribution in [0.25, 0.3) is 0 Å². The molecule has 0 bridgehead atoms. The molecule has 32 heavy (non-hydrogen) atoms. The van der Waals surface area contributed by atoms with Crippen molar-refractivity contribution in [2.24, 2.45) is 0 Å². The van der Waals surface area contributed by atoms with Crippen molar-refractivity contribution in [2.75, 3.05) is 0 Å². The summed E-state index contributed by atoms with van der Waals surface area (Å²) in [4.78, 5) is 14.6. The molecule has 2 heterocycles. The zero-order valence-electron chi connectivity index (χ0n) is 17.1. The highest BCUT2D eigenvalue weighted by atomic mass is 19.4. The van der Waals surface area contributed by atoms with E-state index in [1.54, 1.807) is 4.68 Å². The lowest BCUT2D eigenvalue weighted by atomic mass is 10.1. The Labute approximate surface area is 182 Å². The van der Waals surface area contributed by atoms with E-state index in [9.17, 15) is 18.0 Å². The first kappa shape index (κ1) is 21.4. The van der Waals surface area contributed by atoms with E-state index in [0.717, 1.165) is 23.7 Å². The third kappa shape index (κ3) is 4.44. The number of hydrogen-bond acceptors (Lipinski definition) is 4. The number of alkyl halides is 3. The fourth-order valence-corrected chi connectivity index (χ4v) is 3.50. The highest BCUT2D eigenvalue weighted by molar-refractivity contribution is 5.97. The van der Waals surface area contributed by atoms with Crippen LogP contribution in [-0.2, 0) is 19.6 Å². The number of amides is 1. The van der Waals surface area contributed by atoms with E-state index < -0.39 is 18.2 Å². The highest BCUT2D eigenvalue weighted by Gasteiger charge is 2.39. The van der Waals surface area contributed by atoms with Gasteiger partial charge in [-0.25, -0.2) is 0 Å². The Balaban J connectivity index is 1.52. The lowest BCUT2D eigenvalue weighted by Gasteiger charge is -2.22. The number of hydrogen-bond donors (Lipinski definition) is 0. The van der Waals surface area contributed by atoms with Crippen LogP contribution in [0.1, 0.15) is 39.7 Å². The minimum Gasteiger partial charge on any atom is -0.480 e. The SMILES string of the molecule is C[C@H](Oc1ccc(C#N)cc1C(=O)N1Cc2cn(Cc3ccccc3)nc2C1)C(F)(F)F. The zero-order valence-corrected chi connectivity index (χ0v) is 17.1. The fourth-order valence-electron chi connectivity index (χ4n) is 3.50. The number of carbonyl (C=O) groups is 1. The summed E-state index contributed by atoms with van der Waals surface area (Å²) in [6.07, 6.45) is -4.82. The Morgan fingerprint density at radius 1 is 1.22 bits per heavy atom. The topological polar surface area (TPSA) is 71.2 Å². The molecule has 164 valence electrons. The molecule has 0 fully saturated rings. The average molecular weight is 440 g/mol. The van der Waals surface area contributed by atoms with Gasteiger partial charge < -0.3 is 9.64 Å². The van der Waals surface area contributed by atoms with Crippen molar-refractivity contribution in [1.29, 1.82) is 5.26 Å². The number of aromatic nitrogens is 2. The molecule has 4 rings (SSSR count). The highest BCUT2D eigenvalue weighted by Crippen LogP contribution is 2.31. The minimum atomic E-state index is -4.58. The molecule has 1 amide bonds. The van der Waals surface area contributed by atoms with Gasteiger partial charge in [-0.1, -0.05) is 30.3 Å². The molecule has 0 N–H and O–H groups in total. The smallest absolute Gasteiger partial charge is 0.425 e. The first-order chi connectivity index (χ1) is 15.2. The van der Waals surface area contributed by atoms with Crippen LogP contribution < -0.4 is 4.74 Å². The first-order valence-corrected chi connectivity index (χ1v) is 9.90. The summed E-state index contributed by atoms with van der Waals surface area (Å²) in [5.41, 5.74) is 2.78. The molecule has 6 nitrogen and oxygen atoms in total. The van der Waals surface area contributed by atoms with Gasteiger partial charge in [0.05, 0.1) is 36.0 Å². The van der Waals surface area contributed by atoms with E-state index in [2.05, 4.69) is 5.10 Å². The standard InChI is InChI=1S/C23H19F3N4O2/c1-15(23(24,25)26)32-21-8-7-17(10-27)9-19(21)22(31)29-12-18-13-30(28-20(18)14-29)11-16-5-3-2-4-6-16/h2-9,13,15H,11-12,14H2,1H3/t15-/m0/s1. The first-order valence-electron chi connectivity index (χ1n) is 9.90. The van der Waals surface area contributed by atoms with Crippen LogP contribution >= 0.6 is 0 Å². The molecule has 0 radical (unpaired) electrons. The largest absolute Gasteiger partial charge is 0.480 e. The van der Waals surface area contributed by atoms with E-state index >= 15 is 0 Å². The van der Waals surface area contributed by atoms with Gasteiger partial charge in [-0.3, -0.25) is 9.48 Å². The van der Waals surface area contributed by atoms with E-state index in [1.807, 2.05) is 42.6 Å². The van der Waals surface area contributed by atoms with Crippen LogP contribution in [-0.4, -0.2) is 32.9 Å². The molecule has 1 aliphatic rings. The van der Waals surface area contributed by atoms with E-state index in [1.165, 1.54) is 23.1 Å².